The fraction of sp³-hybridized carbons (Fsp3) is 0.875. The molecule has 6 atom stereocenters. The molecule has 80 valence electrons. The summed E-state index contributed by atoms with van der Waals surface area (Å²) in [6.07, 6.45) is -4.37. The van der Waals surface area contributed by atoms with E-state index in [2.05, 4.69) is 5.32 Å². The monoisotopic (exact) mass is 203 g/mol. The van der Waals surface area contributed by atoms with E-state index in [0.29, 0.717) is 0 Å². The van der Waals surface area contributed by atoms with Gasteiger partial charge in [0.25, 0.3) is 0 Å². The molecule has 2 fully saturated rings. The van der Waals surface area contributed by atoms with Crippen LogP contribution in [0, 0.1) is 0 Å². The molecule has 2 aliphatic rings. The molecule has 0 unspecified atom stereocenters. The average Bonchev–Trinajstić information content (AvgIpc) is 2.88. The van der Waals surface area contributed by atoms with Crippen LogP contribution in [-0.4, -0.2) is 57.8 Å². The Morgan fingerprint density at radius 2 is 1.79 bits per heavy atom. The van der Waals surface area contributed by atoms with Crippen LogP contribution in [0.4, 0.5) is 0 Å². The first-order valence-electron chi connectivity index (χ1n) is 4.49. The molecule has 1 heterocycles. The summed E-state index contributed by atoms with van der Waals surface area (Å²) in [4.78, 5) is 10.8. The lowest BCUT2D eigenvalue weighted by Crippen LogP contribution is -2.59. The smallest absolute Gasteiger partial charge is 0.217 e. The van der Waals surface area contributed by atoms with E-state index in [4.69, 9.17) is 4.74 Å². The summed E-state index contributed by atoms with van der Waals surface area (Å²) < 4.78 is 5.06. The molecular weight excluding hydrogens is 190 g/mol. The van der Waals surface area contributed by atoms with Crippen LogP contribution in [-0.2, 0) is 9.53 Å². The SMILES string of the molecule is CC(=O)N[C@@H]1[C@@H](O)[C@H](O)[C@@H](O)[C@@H]2O[C@H]12. The van der Waals surface area contributed by atoms with E-state index in [9.17, 15) is 20.1 Å². The highest BCUT2D eigenvalue weighted by Crippen LogP contribution is 2.37. The van der Waals surface area contributed by atoms with Crippen LogP contribution in [0.25, 0.3) is 0 Å². The summed E-state index contributed by atoms with van der Waals surface area (Å²) in [6, 6.07) is -0.629. The fourth-order valence-electron chi connectivity index (χ4n) is 1.91. The normalized spacial score (nSPS) is 50.9. The minimum absolute atomic E-state index is 0.299. The van der Waals surface area contributed by atoms with Gasteiger partial charge in [-0.05, 0) is 0 Å². The van der Waals surface area contributed by atoms with Crippen LogP contribution in [0.1, 0.15) is 6.92 Å². The molecule has 2 rings (SSSR count). The van der Waals surface area contributed by atoms with Crippen molar-refractivity contribution < 1.29 is 24.9 Å². The molecule has 1 aliphatic carbocycles. The third-order valence-electron chi connectivity index (χ3n) is 2.69. The molecule has 0 bridgehead atoms. The maximum absolute atomic E-state index is 10.8. The minimum atomic E-state index is -1.27. The number of aliphatic hydroxyl groups excluding tert-OH is 3. The van der Waals surface area contributed by atoms with E-state index in [1.165, 1.54) is 6.92 Å². The van der Waals surface area contributed by atoms with Crippen molar-refractivity contribution in [2.24, 2.45) is 0 Å². The van der Waals surface area contributed by atoms with Gasteiger partial charge in [0.05, 0.1) is 6.04 Å². The van der Waals surface area contributed by atoms with Crippen LogP contribution < -0.4 is 5.32 Å². The molecule has 1 saturated heterocycles. The van der Waals surface area contributed by atoms with Gasteiger partial charge in [0.15, 0.2) is 0 Å². The van der Waals surface area contributed by atoms with Gasteiger partial charge in [-0.3, -0.25) is 4.79 Å². The zero-order chi connectivity index (χ0) is 10.5. The Bertz CT molecular complexity index is 258. The number of hydrogen-bond donors (Lipinski definition) is 4. The lowest BCUT2D eigenvalue weighted by Gasteiger charge is -2.32. The van der Waals surface area contributed by atoms with E-state index < -0.39 is 30.5 Å². The van der Waals surface area contributed by atoms with Gasteiger partial charge < -0.3 is 25.4 Å². The third-order valence-corrected chi connectivity index (χ3v) is 2.69. The van der Waals surface area contributed by atoms with E-state index in [0.717, 1.165) is 0 Å². The number of ether oxygens (including phenoxy) is 1. The quantitative estimate of drug-likeness (QED) is 0.349. The highest BCUT2D eigenvalue weighted by atomic mass is 16.6. The molecule has 0 spiro atoms. The maximum Gasteiger partial charge on any atom is 0.217 e. The molecule has 0 aromatic heterocycles. The Kier molecular flexibility index (Phi) is 2.23. The second-order valence-electron chi connectivity index (χ2n) is 3.76. The lowest BCUT2D eigenvalue weighted by atomic mass is 9.88. The number of rotatable bonds is 1. The summed E-state index contributed by atoms with van der Waals surface area (Å²) in [5.41, 5.74) is 0. The van der Waals surface area contributed by atoms with Crippen LogP contribution >= 0.6 is 0 Å². The molecule has 1 aliphatic heterocycles. The molecule has 6 nitrogen and oxygen atoms in total. The van der Waals surface area contributed by atoms with E-state index in [-0.39, 0.29) is 12.0 Å². The van der Waals surface area contributed by atoms with Gasteiger partial charge in [0.2, 0.25) is 5.91 Å². The predicted molar refractivity (Wildman–Crippen MR) is 44.3 cm³/mol. The largest absolute Gasteiger partial charge is 0.388 e. The maximum atomic E-state index is 10.8. The minimum Gasteiger partial charge on any atom is -0.388 e. The van der Waals surface area contributed by atoms with Crippen molar-refractivity contribution in [3.8, 4) is 0 Å². The first-order valence-corrected chi connectivity index (χ1v) is 4.49. The van der Waals surface area contributed by atoms with Gasteiger partial charge >= 0.3 is 0 Å². The van der Waals surface area contributed by atoms with Crippen molar-refractivity contribution in [1.82, 2.24) is 5.32 Å². The number of aliphatic hydroxyl groups is 3. The van der Waals surface area contributed by atoms with Crippen molar-refractivity contribution in [2.75, 3.05) is 0 Å². The summed E-state index contributed by atoms with van der Waals surface area (Å²) in [7, 11) is 0. The number of carbonyl (C=O) groups excluding carboxylic acids is 1. The van der Waals surface area contributed by atoms with E-state index >= 15 is 0 Å². The molecule has 0 aromatic rings. The summed E-state index contributed by atoms with van der Waals surface area (Å²) in [5.74, 6) is -0.299. The molecule has 1 amide bonds. The van der Waals surface area contributed by atoms with E-state index in [1.54, 1.807) is 0 Å². The molecule has 6 heteroatoms. The van der Waals surface area contributed by atoms with E-state index in [1.807, 2.05) is 0 Å². The number of nitrogens with one attached hydrogen (secondary N) is 1. The molecular formula is C8H13NO5. The summed E-state index contributed by atoms with van der Waals surface area (Å²) in [6.45, 7) is 1.32. The number of hydrogen-bond acceptors (Lipinski definition) is 5. The lowest BCUT2D eigenvalue weighted by molar-refractivity contribution is -0.124. The van der Waals surface area contributed by atoms with Crippen molar-refractivity contribution in [1.29, 1.82) is 0 Å². The van der Waals surface area contributed by atoms with Crippen molar-refractivity contribution in [2.45, 2.75) is 43.5 Å². The van der Waals surface area contributed by atoms with Gasteiger partial charge in [-0.1, -0.05) is 0 Å². The van der Waals surface area contributed by atoms with Crippen molar-refractivity contribution >= 4 is 5.91 Å². The Morgan fingerprint density at radius 1 is 1.14 bits per heavy atom. The van der Waals surface area contributed by atoms with Gasteiger partial charge in [0.1, 0.15) is 30.5 Å². The average molecular weight is 203 g/mol. The second-order valence-corrected chi connectivity index (χ2v) is 3.76. The van der Waals surface area contributed by atoms with Gasteiger partial charge in [0, 0.05) is 6.92 Å². The molecule has 4 N–H and O–H groups in total. The zero-order valence-corrected chi connectivity index (χ0v) is 7.62. The number of epoxide rings is 1. The third kappa shape index (κ3) is 1.40. The highest BCUT2D eigenvalue weighted by molar-refractivity contribution is 5.73. The Morgan fingerprint density at radius 3 is 2.36 bits per heavy atom. The van der Waals surface area contributed by atoms with Crippen LogP contribution in [0.5, 0.6) is 0 Å². The van der Waals surface area contributed by atoms with Crippen LogP contribution in [0.3, 0.4) is 0 Å². The Labute approximate surface area is 80.5 Å². The van der Waals surface area contributed by atoms with Crippen LogP contribution in [0.15, 0.2) is 0 Å². The molecule has 14 heavy (non-hydrogen) atoms. The molecule has 0 aromatic carbocycles. The first kappa shape index (κ1) is 9.85. The van der Waals surface area contributed by atoms with Gasteiger partial charge in [-0.15, -0.1) is 0 Å². The van der Waals surface area contributed by atoms with Crippen molar-refractivity contribution in [3.63, 3.8) is 0 Å². The van der Waals surface area contributed by atoms with Gasteiger partial charge in [-0.2, -0.15) is 0 Å². The van der Waals surface area contributed by atoms with Crippen LogP contribution in [0.2, 0.25) is 0 Å². The first-order chi connectivity index (χ1) is 6.52. The Balaban J connectivity index is 2.08. The van der Waals surface area contributed by atoms with Gasteiger partial charge in [-0.25, -0.2) is 0 Å². The Hall–Kier alpha value is -0.690. The summed E-state index contributed by atoms with van der Waals surface area (Å²) in [5, 5.41) is 30.8. The zero-order valence-electron chi connectivity index (χ0n) is 7.62. The number of amides is 1. The molecule has 0 radical (unpaired) electrons. The number of fused-ring (bicyclic) bond motifs is 1. The number of carbonyl (C=O) groups is 1. The summed E-state index contributed by atoms with van der Waals surface area (Å²) >= 11 is 0. The fourth-order valence-corrected chi connectivity index (χ4v) is 1.91. The predicted octanol–water partition coefficient (Wildman–Crippen LogP) is -2.65. The second kappa shape index (κ2) is 3.16. The topological polar surface area (TPSA) is 102 Å². The standard InChI is InChI=1S/C8H13NO5/c1-2(10)9-3-4(11)5(12)6(13)8-7(3)14-8/h3-8,11-13H,1H3,(H,9,10)/t3-,4-,5+,6-,7-,8+/m1/s1. The van der Waals surface area contributed by atoms with Crippen molar-refractivity contribution in [3.05, 3.63) is 0 Å². The molecule has 1 saturated carbocycles. The highest BCUT2D eigenvalue weighted by Gasteiger charge is 2.60.